The minimum absolute atomic E-state index is 0.0101. The van der Waals surface area contributed by atoms with Gasteiger partial charge >= 0.3 is 11.9 Å². The Morgan fingerprint density at radius 3 is 2.29 bits per heavy atom. The summed E-state index contributed by atoms with van der Waals surface area (Å²) in [7, 11) is 4.63. The second-order valence-corrected chi connectivity index (χ2v) is 21.0. The van der Waals surface area contributed by atoms with Crippen LogP contribution in [0.2, 0.25) is 0 Å². The molecule has 408 valence electrons. The van der Waals surface area contributed by atoms with Gasteiger partial charge in [-0.25, -0.2) is 9.59 Å². The standard InChI is InChI=1S/C55H88N2O15/c1-12-69-45-31-46(36(5)28-40-22-24-43(58)47(29-40)67-10)71-54(64)42-20-16-17-25-57(42)53(63)52(62)55(65)39(8)21-23-41(72-55)30-44(66-9)34(3)19-15-13-14-18-33(2)26-37(6)49(56-70-32-48(59)60)51(68-11)50(61)38(7)27-35(45)4/h13-15,18-19,27,33,35-37,39-47,50-51,58,61,65H,12,16-17,20-26,28-32H2,1-11H3,(H,59,60)/b15-13+,18-14+,34-19+,38-27+,56-49?/t33-,35-,36-,37-,39-,40+,41+,42+,43-,44+,45-,46+,47-,50-,51+,55-/m1/s1. The first kappa shape index (κ1) is 60.7. The van der Waals surface area contributed by atoms with Crippen molar-refractivity contribution >= 4 is 29.3 Å². The summed E-state index contributed by atoms with van der Waals surface area (Å²) < 4.78 is 36.6. The van der Waals surface area contributed by atoms with E-state index < -0.39 is 90.7 Å². The predicted octanol–water partition coefficient (Wildman–Crippen LogP) is 6.90. The van der Waals surface area contributed by atoms with Gasteiger partial charge in [0.05, 0.1) is 36.2 Å². The number of ketones is 1. The van der Waals surface area contributed by atoms with Gasteiger partial charge in [0.15, 0.2) is 0 Å². The van der Waals surface area contributed by atoms with Crippen LogP contribution in [-0.4, -0.2) is 156 Å². The molecule has 0 spiro atoms. The van der Waals surface area contributed by atoms with E-state index in [1.807, 2.05) is 78.0 Å². The normalized spacial score (nSPS) is 39.1. The molecule has 0 aromatic carbocycles. The van der Waals surface area contributed by atoms with Crippen molar-refractivity contribution in [2.24, 2.45) is 40.7 Å². The van der Waals surface area contributed by atoms with Crippen molar-refractivity contribution in [2.45, 2.75) is 193 Å². The third kappa shape index (κ3) is 16.9. The van der Waals surface area contributed by atoms with E-state index in [2.05, 4.69) is 5.16 Å². The highest BCUT2D eigenvalue weighted by Gasteiger charge is 2.53. The number of hydrogen-bond donors (Lipinski definition) is 4. The molecule has 1 saturated carbocycles. The van der Waals surface area contributed by atoms with Crippen LogP contribution >= 0.6 is 0 Å². The van der Waals surface area contributed by atoms with Crippen molar-refractivity contribution in [3.8, 4) is 0 Å². The number of ether oxygens (including phenoxy) is 6. The number of rotatable bonds is 11. The lowest BCUT2D eigenvalue weighted by Crippen LogP contribution is -2.61. The number of hydrogen-bond acceptors (Lipinski definition) is 15. The molecule has 17 heteroatoms. The molecule has 4 N–H and O–H groups in total. The quantitative estimate of drug-likeness (QED) is 0.0714. The van der Waals surface area contributed by atoms with E-state index >= 15 is 0 Å². The third-order valence-electron chi connectivity index (χ3n) is 15.4. The van der Waals surface area contributed by atoms with Crippen molar-refractivity contribution in [1.29, 1.82) is 0 Å². The van der Waals surface area contributed by atoms with Crippen molar-refractivity contribution in [1.82, 2.24) is 4.90 Å². The summed E-state index contributed by atoms with van der Waals surface area (Å²) in [5.74, 6) is -7.82. The van der Waals surface area contributed by atoms with Gasteiger partial charge in [-0.05, 0) is 114 Å². The number of nitrogens with zero attached hydrogens (tertiary/aromatic N) is 2. The number of cyclic esters (lactones) is 1. The van der Waals surface area contributed by atoms with Crippen molar-refractivity contribution in [3.63, 3.8) is 0 Å². The summed E-state index contributed by atoms with van der Waals surface area (Å²) in [6.45, 7) is 15.0. The van der Waals surface area contributed by atoms with Crippen LogP contribution in [0.3, 0.4) is 0 Å². The van der Waals surface area contributed by atoms with Crippen LogP contribution in [0.4, 0.5) is 0 Å². The second-order valence-electron chi connectivity index (χ2n) is 21.0. The fourth-order valence-electron chi connectivity index (χ4n) is 11.0. The molecule has 0 unspecified atom stereocenters. The minimum Gasteiger partial charge on any atom is -0.479 e. The number of methoxy groups -OCH3 is 3. The van der Waals surface area contributed by atoms with Crippen LogP contribution < -0.4 is 0 Å². The first-order valence-corrected chi connectivity index (χ1v) is 26.3. The van der Waals surface area contributed by atoms with Gasteiger partial charge in [-0.15, -0.1) is 0 Å². The zero-order valence-corrected chi connectivity index (χ0v) is 44.9. The lowest BCUT2D eigenvalue weighted by atomic mass is 9.78. The molecule has 0 aromatic rings. The Hall–Kier alpha value is -3.81. The fraction of sp³-hybridized carbons (Fsp3) is 0.764. The lowest BCUT2D eigenvalue weighted by Gasteiger charge is -2.43. The molecule has 17 nitrogen and oxygen atoms in total. The molecule has 2 saturated heterocycles. The van der Waals surface area contributed by atoms with E-state index in [1.54, 1.807) is 28.1 Å². The van der Waals surface area contributed by atoms with Crippen LogP contribution in [0.25, 0.3) is 0 Å². The van der Waals surface area contributed by atoms with E-state index in [-0.39, 0.29) is 55.1 Å². The Bertz CT molecular complexity index is 1920. The summed E-state index contributed by atoms with van der Waals surface area (Å²) in [6, 6.07) is -1.09. The van der Waals surface area contributed by atoms with Crippen LogP contribution in [0.5, 0.6) is 0 Å². The molecule has 0 aromatic heterocycles. The summed E-state index contributed by atoms with van der Waals surface area (Å²) in [6.07, 6.45) is 12.2. The van der Waals surface area contributed by atoms with Crippen LogP contribution in [0.15, 0.2) is 52.8 Å². The Morgan fingerprint density at radius 2 is 1.62 bits per heavy atom. The Morgan fingerprint density at radius 1 is 0.889 bits per heavy atom. The average Bonchev–Trinajstić information content (AvgIpc) is 3.35. The zero-order valence-electron chi connectivity index (χ0n) is 44.9. The second kappa shape index (κ2) is 29.3. The largest absolute Gasteiger partial charge is 0.479 e. The topological polar surface area (TPSA) is 229 Å². The van der Waals surface area contributed by atoms with Gasteiger partial charge < -0.3 is 58.6 Å². The smallest absolute Gasteiger partial charge is 0.344 e. The maximum Gasteiger partial charge on any atom is 0.344 e. The summed E-state index contributed by atoms with van der Waals surface area (Å²) >= 11 is 0. The van der Waals surface area contributed by atoms with Gasteiger partial charge in [0.1, 0.15) is 24.4 Å². The number of esters is 1. The van der Waals surface area contributed by atoms with E-state index in [0.717, 1.165) is 12.0 Å². The number of aliphatic hydroxyl groups excluding tert-OH is 2. The summed E-state index contributed by atoms with van der Waals surface area (Å²) in [5.41, 5.74) is 1.75. The number of carboxylic acids is 1. The fourth-order valence-corrected chi connectivity index (χ4v) is 11.0. The Kier molecular flexibility index (Phi) is 24.7. The molecule has 4 aliphatic rings. The van der Waals surface area contributed by atoms with E-state index in [9.17, 15) is 39.6 Å². The predicted molar refractivity (Wildman–Crippen MR) is 272 cm³/mol. The molecule has 2 bridgehead atoms. The van der Waals surface area contributed by atoms with Crippen molar-refractivity contribution in [3.05, 3.63) is 47.6 Å². The maximum absolute atomic E-state index is 14.7. The first-order chi connectivity index (χ1) is 34.2. The number of carboxylic acid groups (broad SMARTS) is 1. The van der Waals surface area contributed by atoms with Gasteiger partial charge in [-0.3, -0.25) is 9.59 Å². The number of fused-ring (bicyclic) bond motifs is 3. The molecule has 0 radical (unpaired) electrons. The highest BCUT2D eigenvalue weighted by atomic mass is 16.6. The molecular weight excluding hydrogens is 929 g/mol. The average molecular weight is 1020 g/mol. The van der Waals surface area contributed by atoms with Crippen molar-refractivity contribution in [2.75, 3.05) is 41.1 Å². The number of Topliss-reactive ketones (excluding diaryl/α,β-unsaturated/α-hetero) is 1. The Balaban J connectivity index is 1.79. The van der Waals surface area contributed by atoms with Crippen LogP contribution in [-0.2, 0) is 52.4 Å². The van der Waals surface area contributed by atoms with Gasteiger partial charge in [0.2, 0.25) is 12.4 Å². The highest BCUT2D eigenvalue weighted by Crippen LogP contribution is 2.38. The van der Waals surface area contributed by atoms with Crippen LogP contribution in [0, 0.1) is 35.5 Å². The summed E-state index contributed by atoms with van der Waals surface area (Å²) in [5, 5.41) is 48.3. The van der Waals surface area contributed by atoms with Gasteiger partial charge in [-0.1, -0.05) is 76.2 Å². The number of oxime groups is 1. The summed E-state index contributed by atoms with van der Waals surface area (Å²) in [4.78, 5) is 61.4. The number of amides is 1. The number of carbonyl (C=O) groups excluding carboxylic acids is 3. The number of piperidine rings is 1. The molecule has 4 rings (SSSR count). The lowest BCUT2D eigenvalue weighted by molar-refractivity contribution is -0.265. The van der Waals surface area contributed by atoms with Gasteiger partial charge in [0, 0.05) is 65.1 Å². The highest BCUT2D eigenvalue weighted by molar-refractivity contribution is 6.39. The van der Waals surface area contributed by atoms with Gasteiger partial charge in [-0.2, -0.15) is 0 Å². The van der Waals surface area contributed by atoms with Crippen LogP contribution in [0.1, 0.15) is 132 Å². The molecule has 3 heterocycles. The number of allylic oxidation sites excluding steroid dienone is 5. The molecule has 72 heavy (non-hydrogen) atoms. The zero-order chi connectivity index (χ0) is 53.3. The molecule has 3 aliphatic heterocycles. The monoisotopic (exact) mass is 1020 g/mol. The number of aliphatic hydroxyl groups is 3. The van der Waals surface area contributed by atoms with E-state index in [0.29, 0.717) is 75.7 Å². The third-order valence-corrected chi connectivity index (χ3v) is 15.4. The van der Waals surface area contributed by atoms with E-state index in [1.165, 1.54) is 12.0 Å². The first-order valence-electron chi connectivity index (χ1n) is 26.3. The molecular formula is C55H88N2O15. The molecule has 3 fully saturated rings. The molecule has 16 atom stereocenters. The van der Waals surface area contributed by atoms with E-state index in [4.69, 9.17) is 33.3 Å². The SMILES string of the molecule is CCO[C@@H]1C[C@@H]([C@H](C)C[C@@H]2CC[C@@H](O)[C@H](OC)C2)OC(=O)[C@@H]2CCCCN2C(=O)C(=O)[C@]2(O)O[C@@H](CC[C@H]2C)C[C@H](OC)/C(C)=C/C=C/C=C/[C@@H](C)C[C@@H](C)C(=NOCC(=O)O)[C@H](OC)[C@H](O)/C(C)=C/[C@H]1C. The van der Waals surface area contributed by atoms with Crippen molar-refractivity contribution < 1.29 is 72.9 Å². The maximum atomic E-state index is 14.7. The molecule has 1 amide bonds. The number of aliphatic carboxylic acids is 1. The minimum atomic E-state index is -2.42. The Labute approximate surface area is 428 Å². The molecule has 1 aliphatic carbocycles. The van der Waals surface area contributed by atoms with Gasteiger partial charge in [0.25, 0.3) is 11.7 Å². The number of carbonyl (C=O) groups is 4.